The summed E-state index contributed by atoms with van der Waals surface area (Å²) < 4.78 is 0. The van der Waals surface area contributed by atoms with Crippen LogP contribution in [0.2, 0.25) is 0 Å². The van der Waals surface area contributed by atoms with Crippen molar-refractivity contribution in [3.05, 3.63) is 35.9 Å². The highest BCUT2D eigenvalue weighted by molar-refractivity contribution is 5.68. The Labute approximate surface area is 102 Å². The van der Waals surface area contributed by atoms with Crippen LogP contribution in [0.1, 0.15) is 44.1 Å². The lowest BCUT2D eigenvalue weighted by Crippen LogP contribution is -2.43. The van der Waals surface area contributed by atoms with Crippen LogP contribution in [0.3, 0.4) is 0 Å². The average molecular weight is 230 g/mol. The van der Waals surface area contributed by atoms with Gasteiger partial charge in [0.15, 0.2) is 0 Å². The molecular formula is C15H18O2. The molecule has 1 aromatic carbocycles. The summed E-state index contributed by atoms with van der Waals surface area (Å²) in [6.07, 6.45) is 6.07. The molecule has 0 aromatic heterocycles. The molecule has 2 fully saturated rings. The first kappa shape index (κ1) is 10.8. The minimum atomic E-state index is -0.632. The fourth-order valence-corrected chi connectivity index (χ4v) is 3.72. The van der Waals surface area contributed by atoms with Crippen molar-refractivity contribution in [1.82, 2.24) is 0 Å². The molecule has 2 saturated carbocycles. The summed E-state index contributed by atoms with van der Waals surface area (Å²) in [5.41, 5.74) is 1.60. The number of hydrogen-bond acceptors (Lipinski definition) is 1. The van der Waals surface area contributed by atoms with E-state index in [-0.39, 0.29) is 10.8 Å². The standard InChI is InChI=1S/C15H18O2/c16-13(17)11-14(7-4-8-14)15(9-10-15)12-5-2-1-3-6-12/h1-3,5-6H,4,7-11H2,(H,16,17). The number of carboxylic acid groups (broad SMARTS) is 1. The van der Waals surface area contributed by atoms with Crippen molar-refractivity contribution in [1.29, 1.82) is 0 Å². The first-order chi connectivity index (χ1) is 8.19. The molecule has 1 N–H and O–H groups in total. The third kappa shape index (κ3) is 1.50. The molecule has 1 aromatic rings. The van der Waals surface area contributed by atoms with Gasteiger partial charge in [0.2, 0.25) is 0 Å². The molecule has 2 aliphatic rings. The Morgan fingerprint density at radius 1 is 1.12 bits per heavy atom. The first-order valence-electron chi connectivity index (χ1n) is 6.46. The van der Waals surface area contributed by atoms with Crippen molar-refractivity contribution in [3.63, 3.8) is 0 Å². The zero-order valence-electron chi connectivity index (χ0n) is 9.98. The van der Waals surface area contributed by atoms with Gasteiger partial charge >= 0.3 is 5.97 Å². The summed E-state index contributed by atoms with van der Waals surface area (Å²) in [4.78, 5) is 11.1. The van der Waals surface area contributed by atoms with Gasteiger partial charge in [-0.2, -0.15) is 0 Å². The van der Waals surface area contributed by atoms with E-state index in [9.17, 15) is 4.79 Å². The molecule has 90 valence electrons. The molecule has 0 unspecified atom stereocenters. The van der Waals surface area contributed by atoms with E-state index in [2.05, 4.69) is 24.3 Å². The second-order valence-electron chi connectivity index (χ2n) is 5.65. The third-order valence-corrected chi connectivity index (χ3v) is 4.89. The zero-order chi connectivity index (χ0) is 11.9. The molecule has 0 radical (unpaired) electrons. The fourth-order valence-electron chi connectivity index (χ4n) is 3.72. The molecule has 0 amide bonds. The smallest absolute Gasteiger partial charge is 0.303 e. The van der Waals surface area contributed by atoms with Gasteiger partial charge in [-0.15, -0.1) is 0 Å². The Morgan fingerprint density at radius 2 is 1.76 bits per heavy atom. The molecule has 0 aliphatic heterocycles. The molecule has 0 saturated heterocycles. The van der Waals surface area contributed by atoms with E-state index in [1.165, 1.54) is 24.8 Å². The molecule has 0 atom stereocenters. The highest BCUT2D eigenvalue weighted by Gasteiger charge is 2.62. The third-order valence-electron chi connectivity index (χ3n) is 4.89. The SMILES string of the molecule is O=C(O)CC1(C2(c3ccccc3)CC2)CCC1. The average Bonchev–Trinajstić information content (AvgIpc) is 3.06. The van der Waals surface area contributed by atoms with Crippen LogP contribution >= 0.6 is 0 Å². The van der Waals surface area contributed by atoms with Gasteiger partial charge in [0, 0.05) is 5.41 Å². The Hall–Kier alpha value is -1.31. The van der Waals surface area contributed by atoms with Crippen LogP contribution < -0.4 is 0 Å². The number of carboxylic acids is 1. The van der Waals surface area contributed by atoms with Gasteiger partial charge in [0.05, 0.1) is 6.42 Å². The van der Waals surface area contributed by atoms with Crippen LogP contribution in [0, 0.1) is 5.41 Å². The maximum Gasteiger partial charge on any atom is 0.303 e. The van der Waals surface area contributed by atoms with E-state index in [4.69, 9.17) is 5.11 Å². The quantitative estimate of drug-likeness (QED) is 0.861. The summed E-state index contributed by atoms with van der Waals surface area (Å²) >= 11 is 0. The van der Waals surface area contributed by atoms with Gasteiger partial charge in [-0.1, -0.05) is 36.8 Å². The van der Waals surface area contributed by atoms with Crippen LogP contribution in [0.15, 0.2) is 30.3 Å². The van der Waals surface area contributed by atoms with Gasteiger partial charge < -0.3 is 5.11 Å². The normalized spacial score (nSPS) is 23.8. The summed E-state index contributed by atoms with van der Waals surface area (Å²) in [6.45, 7) is 0. The molecule has 3 rings (SSSR count). The van der Waals surface area contributed by atoms with Crippen molar-refractivity contribution in [2.45, 2.75) is 43.9 Å². The Bertz CT molecular complexity index is 427. The second-order valence-corrected chi connectivity index (χ2v) is 5.65. The van der Waals surface area contributed by atoms with E-state index >= 15 is 0 Å². The Kier molecular flexibility index (Phi) is 2.29. The summed E-state index contributed by atoms with van der Waals surface area (Å²) in [6, 6.07) is 10.5. The summed E-state index contributed by atoms with van der Waals surface area (Å²) in [7, 11) is 0. The lowest BCUT2D eigenvalue weighted by Gasteiger charge is -2.48. The maximum atomic E-state index is 11.1. The Morgan fingerprint density at radius 3 is 2.18 bits per heavy atom. The van der Waals surface area contributed by atoms with Crippen molar-refractivity contribution >= 4 is 5.97 Å². The number of aliphatic carboxylic acids is 1. The topological polar surface area (TPSA) is 37.3 Å². The predicted molar refractivity (Wildman–Crippen MR) is 65.9 cm³/mol. The molecule has 17 heavy (non-hydrogen) atoms. The number of benzene rings is 1. The van der Waals surface area contributed by atoms with Crippen molar-refractivity contribution in [2.75, 3.05) is 0 Å². The van der Waals surface area contributed by atoms with Crippen molar-refractivity contribution in [2.24, 2.45) is 5.41 Å². The van der Waals surface area contributed by atoms with E-state index in [1.807, 2.05) is 6.07 Å². The van der Waals surface area contributed by atoms with Crippen molar-refractivity contribution in [3.8, 4) is 0 Å². The number of rotatable bonds is 4. The van der Waals surface area contributed by atoms with Gasteiger partial charge in [-0.3, -0.25) is 4.79 Å². The van der Waals surface area contributed by atoms with Gasteiger partial charge in [0.25, 0.3) is 0 Å². The maximum absolute atomic E-state index is 11.1. The van der Waals surface area contributed by atoms with E-state index in [1.54, 1.807) is 0 Å². The van der Waals surface area contributed by atoms with Crippen LogP contribution in [0.4, 0.5) is 0 Å². The zero-order valence-corrected chi connectivity index (χ0v) is 9.98. The van der Waals surface area contributed by atoms with Crippen LogP contribution in [-0.4, -0.2) is 11.1 Å². The minimum absolute atomic E-state index is 0.0557. The van der Waals surface area contributed by atoms with E-state index in [0.717, 1.165) is 12.8 Å². The molecule has 0 bridgehead atoms. The number of carbonyl (C=O) groups is 1. The van der Waals surface area contributed by atoms with E-state index < -0.39 is 5.97 Å². The second kappa shape index (κ2) is 3.59. The predicted octanol–water partition coefficient (Wildman–Crippen LogP) is 3.36. The number of hydrogen-bond donors (Lipinski definition) is 1. The van der Waals surface area contributed by atoms with Crippen molar-refractivity contribution < 1.29 is 9.90 Å². The van der Waals surface area contributed by atoms with Gasteiger partial charge in [0.1, 0.15) is 0 Å². The highest BCUT2D eigenvalue weighted by atomic mass is 16.4. The fraction of sp³-hybridized carbons (Fsp3) is 0.533. The monoisotopic (exact) mass is 230 g/mol. The molecule has 2 aliphatic carbocycles. The van der Waals surface area contributed by atoms with Crippen LogP contribution in [0.25, 0.3) is 0 Å². The minimum Gasteiger partial charge on any atom is -0.481 e. The van der Waals surface area contributed by atoms with Gasteiger partial charge in [-0.05, 0) is 36.7 Å². The molecule has 2 nitrogen and oxygen atoms in total. The Balaban J connectivity index is 1.94. The first-order valence-corrected chi connectivity index (χ1v) is 6.46. The lowest BCUT2D eigenvalue weighted by molar-refractivity contribution is -0.142. The molecule has 2 heteroatoms. The van der Waals surface area contributed by atoms with Crippen LogP contribution in [-0.2, 0) is 10.2 Å². The highest BCUT2D eigenvalue weighted by Crippen LogP contribution is 2.68. The van der Waals surface area contributed by atoms with Crippen LogP contribution in [0.5, 0.6) is 0 Å². The largest absolute Gasteiger partial charge is 0.481 e. The molecular weight excluding hydrogens is 212 g/mol. The van der Waals surface area contributed by atoms with Gasteiger partial charge in [-0.25, -0.2) is 0 Å². The van der Waals surface area contributed by atoms with E-state index in [0.29, 0.717) is 6.42 Å². The lowest BCUT2D eigenvalue weighted by atomic mass is 9.55. The summed E-state index contributed by atoms with van der Waals surface area (Å²) in [5, 5.41) is 9.15. The molecule has 0 heterocycles. The molecule has 0 spiro atoms. The summed E-state index contributed by atoms with van der Waals surface area (Å²) in [5.74, 6) is -0.632.